The summed E-state index contributed by atoms with van der Waals surface area (Å²) in [5, 5.41) is 21.5. The Bertz CT molecular complexity index is 1600. The lowest BCUT2D eigenvalue weighted by molar-refractivity contribution is -0.245. The fourth-order valence-corrected chi connectivity index (χ4v) is 5.83. The molecule has 0 aliphatic carbocycles. The zero-order chi connectivity index (χ0) is 31.1. The Hall–Kier alpha value is -4.28. The zero-order valence-electron chi connectivity index (χ0n) is 24.1. The highest BCUT2D eigenvalue weighted by atomic mass is 32.2. The number of aromatic carboxylic acids is 1. The Morgan fingerprint density at radius 1 is 0.841 bits per heavy atom. The van der Waals surface area contributed by atoms with Gasteiger partial charge in [-0.1, -0.05) is 60.7 Å². The molecule has 5 rings (SSSR count). The van der Waals surface area contributed by atoms with Gasteiger partial charge in [-0.2, -0.15) is 0 Å². The molecule has 0 aromatic heterocycles. The van der Waals surface area contributed by atoms with Crippen molar-refractivity contribution in [1.29, 1.82) is 0 Å². The summed E-state index contributed by atoms with van der Waals surface area (Å²) in [6.07, 6.45) is -0.243. The fourth-order valence-electron chi connectivity index (χ4n) is 4.90. The largest absolute Gasteiger partial charge is 0.478 e. The van der Waals surface area contributed by atoms with Crippen molar-refractivity contribution in [2.75, 3.05) is 11.1 Å². The molecule has 1 fully saturated rings. The maximum absolute atomic E-state index is 12.7. The van der Waals surface area contributed by atoms with Crippen LogP contribution in [0.4, 0.5) is 5.69 Å². The highest BCUT2D eigenvalue weighted by Crippen LogP contribution is 2.39. The number of carbonyl (C=O) groups excluding carboxylic acids is 2. The maximum Gasteiger partial charge on any atom is 0.335 e. The molecule has 1 amide bonds. The van der Waals surface area contributed by atoms with E-state index in [1.54, 1.807) is 60.3 Å². The van der Waals surface area contributed by atoms with Crippen LogP contribution in [0, 0.1) is 0 Å². The van der Waals surface area contributed by atoms with Gasteiger partial charge in [-0.05, 0) is 60.0 Å². The number of rotatable bonds is 11. The SMILES string of the molecule is CC(=O)c1cccc(NC(=O)Cc2ccc(C3O[C@H](CSc4ccc(C(=O)O)cc4)C[C@H](c4ccc(CO)cc4)O3)cc2)c1. The third kappa shape index (κ3) is 8.21. The third-order valence-electron chi connectivity index (χ3n) is 7.32. The van der Waals surface area contributed by atoms with Gasteiger partial charge in [-0.3, -0.25) is 9.59 Å². The molecule has 1 heterocycles. The molecule has 1 aliphatic heterocycles. The molecule has 1 saturated heterocycles. The molecule has 0 bridgehead atoms. The summed E-state index contributed by atoms with van der Waals surface area (Å²) in [4.78, 5) is 36.5. The van der Waals surface area contributed by atoms with Gasteiger partial charge in [0, 0.05) is 33.9 Å². The van der Waals surface area contributed by atoms with Crippen molar-refractivity contribution in [3.63, 3.8) is 0 Å². The molecule has 3 N–H and O–H groups in total. The van der Waals surface area contributed by atoms with E-state index < -0.39 is 12.3 Å². The van der Waals surface area contributed by atoms with Crippen molar-refractivity contribution < 1.29 is 34.1 Å². The van der Waals surface area contributed by atoms with Crippen LogP contribution in [0.15, 0.2) is 102 Å². The molecule has 4 aromatic rings. The number of ether oxygens (including phenoxy) is 2. The number of hydrogen-bond donors (Lipinski definition) is 3. The van der Waals surface area contributed by atoms with Crippen molar-refractivity contribution in [3.05, 3.63) is 130 Å². The second-order valence-corrected chi connectivity index (χ2v) is 11.7. The van der Waals surface area contributed by atoms with Gasteiger partial charge in [0.1, 0.15) is 0 Å². The molecule has 4 aromatic carbocycles. The standard InChI is InChI=1S/C35H33NO7S/c1-22(38)28-3-2-4-29(18-28)36-33(39)17-23-5-11-27(12-6-23)35-42-30(21-44-31-15-13-26(14-16-31)34(40)41)19-32(43-35)25-9-7-24(20-37)8-10-25/h2-16,18,30,32,35,37H,17,19-21H2,1H3,(H,36,39)(H,40,41)/t30-,32+,35?/m0/s1. The lowest BCUT2D eigenvalue weighted by Crippen LogP contribution is -2.31. The minimum Gasteiger partial charge on any atom is -0.478 e. The third-order valence-corrected chi connectivity index (χ3v) is 8.47. The topological polar surface area (TPSA) is 122 Å². The van der Waals surface area contributed by atoms with Crippen molar-refractivity contribution in [2.45, 2.75) is 49.8 Å². The molecule has 9 heteroatoms. The number of hydrogen-bond acceptors (Lipinski definition) is 7. The summed E-state index contributed by atoms with van der Waals surface area (Å²) in [6.45, 7) is 1.45. The number of aliphatic hydroxyl groups excluding tert-OH is 1. The first-order valence-electron chi connectivity index (χ1n) is 14.2. The van der Waals surface area contributed by atoms with Crippen LogP contribution in [-0.4, -0.2) is 39.7 Å². The van der Waals surface area contributed by atoms with E-state index in [2.05, 4.69) is 5.32 Å². The van der Waals surface area contributed by atoms with Gasteiger partial charge in [0.2, 0.25) is 5.91 Å². The maximum atomic E-state index is 12.7. The smallest absolute Gasteiger partial charge is 0.335 e. The molecule has 0 saturated carbocycles. The van der Waals surface area contributed by atoms with Crippen molar-refractivity contribution >= 4 is 35.1 Å². The molecule has 8 nitrogen and oxygen atoms in total. The van der Waals surface area contributed by atoms with Crippen molar-refractivity contribution in [2.24, 2.45) is 0 Å². The highest BCUT2D eigenvalue weighted by Gasteiger charge is 2.32. The number of nitrogens with one attached hydrogen (secondary N) is 1. The van der Waals surface area contributed by atoms with Gasteiger partial charge < -0.3 is 25.0 Å². The van der Waals surface area contributed by atoms with Crippen LogP contribution in [0.3, 0.4) is 0 Å². The second kappa shape index (κ2) is 14.5. The molecule has 44 heavy (non-hydrogen) atoms. The van der Waals surface area contributed by atoms with E-state index in [1.807, 2.05) is 48.5 Å². The van der Waals surface area contributed by atoms with E-state index in [1.165, 1.54) is 6.92 Å². The van der Waals surface area contributed by atoms with Crippen LogP contribution in [0.2, 0.25) is 0 Å². The summed E-state index contributed by atoms with van der Waals surface area (Å²) < 4.78 is 12.8. The highest BCUT2D eigenvalue weighted by molar-refractivity contribution is 7.99. The number of carboxylic acid groups (broad SMARTS) is 1. The first-order valence-corrected chi connectivity index (χ1v) is 15.2. The van der Waals surface area contributed by atoms with Gasteiger partial charge in [-0.25, -0.2) is 4.79 Å². The summed E-state index contributed by atoms with van der Waals surface area (Å²) in [6, 6.07) is 28.9. The predicted octanol–water partition coefficient (Wildman–Crippen LogP) is 6.60. The number of aliphatic hydroxyl groups is 1. The van der Waals surface area contributed by atoms with Crippen LogP contribution < -0.4 is 5.32 Å². The molecular formula is C35H33NO7S. The van der Waals surface area contributed by atoms with Crippen molar-refractivity contribution in [3.8, 4) is 0 Å². The molecule has 3 atom stereocenters. The Labute approximate surface area is 260 Å². The number of benzene rings is 4. The quantitative estimate of drug-likeness (QED) is 0.128. The number of anilines is 1. The number of carboxylic acids is 1. The van der Waals surface area contributed by atoms with Crippen LogP contribution in [0.1, 0.15) is 68.7 Å². The van der Waals surface area contributed by atoms with E-state index in [4.69, 9.17) is 9.47 Å². The number of Topliss-reactive ketones (excluding diaryl/α,β-unsaturated/α-hetero) is 1. The number of thioether (sulfide) groups is 1. The first-order chi connectivity index (χ1) is 21.3. The summed E-state index contributed by atoms with van der Waals surface area (Å²) in [7, 11) is 0. The van der Waals surface area contributed by atoms with Gasteiger partial charge >= 0.3 is 5.97 Å². The molecule has 0 spiro atoms. The van der Waals surface area contributed by atoms with Gasteiger partial charge in [0.05, 0.1) is 30.8 Å². The van der Waals surface area contributed by atoms with E-state index in [0.29, 0.717) is 23.4 Å². The van der Waals surface area contributed by atoms with E-state index in [-0.39, 0.29) is 42.5 Å². The van der Waals surface area contributed by atoms with Crippen molar-refractivity contribution in [1.82, 2.24) is 0 Å². The molecule has 1 aliphatic rings. The van der Waals surface area contributed by atoms with Gasteiger partial charge in [0.15, 0.2) is 12.1 Å². The van der Waals surface area contributed by atoms with Gasteiger partial charge in [0.25, 0.3) is 0 Å². The number of ketones is 1. The average Bonchev–Trinajstić information content (AvgIpc) is 3.04. The van der Waals surface area contributed by atoms with E-state index >= 15 is 0 Å². The predicted molar refractivity (Wildman–Crippen MR) is 168 cm³/mol. The van der Waals surface area contributed by atoms with Crippen LogP contribution in [0.5, 0.6) is 0 Å². The Balaban J connectivity index is 1.26. The molecular weight excluding hydrogens is 578 g/mol. The van der Waals surface area contributed by atoms with Crippen LogP contribution in [-0.2, 0) is 27.3 Å². The lowest BCUT2D eigenvalue weighted by Gasteiger charge is -2.36. The number of carbonyl (C=O) groups is 3. The minimum absolute atomic E-state index is 0.0351. The zero-order valence-corrected chi connectivity index (χ0v) is 25.0. The Morgan fingerprint density at radius 2 is 1.52 bits per heavy atom. The second-order valence-electron chi connectivity index (χ2n) is 10.6. The molecule has 0 radical (unpaired) electrons. The average molecular weight is 612 g/mol. The monoisotopic (exact) mass is 611 g/mol. The fraction of sp³-hybridized carbons (Fsp3) is 0.229. The Kier molecular flexibility index (Phi) is 10.2. The Morgan fingerprint density at radius 3 is 2.18 bits per heavy atom. The lowest BCUT2D eigenvalue weighted by atomic mass is 10.0. The molecule has 1 unspecified atom stereocenters. The summed E-state index contributed by atoms with van der Waals surface area (Å²) >= 11 is 1.59. The normalized spacial score (nSPS) is 18.0. The van der Waals surface area contributed by atoms with E-state index in [9.17, 15) is 24.6 Å². The molecule has 226 valence electrons. The number of amides is 1. The minimum atomic E-state index is -0.960. The summed E-state index contributed by atoms with van der Waals surface area (Å²) in [5.74, 6) is -0.578. The van der Waals surface area contributed by atoms with Crippen LogP contribution >= 0.6 is 11.8 Å². The summed E-state index contributed by atoms with van der Waals surface area (Å²) in [5.41, 5.74) is 4.79. The first kappa shape index (κ1) is 31.2. The van der Waals surface area contributed by atoms with Crippen LogP contribution in [0.25, 0.3) is 0 Å². The van der Waals surface area contributed by atoms with E-state index in [0.717, 1.165) is 27.1 Å². The van der Waals surface area contributed by atoms with Gasteiger partial charge in [-0.15, -0.1) is 11.8 Å².